The zero-order valence-corrected chi connectivity index (χ0v) is 18.6. The largest absolute Gasteiger partial charge is 0.489 e. The summed E-state index contributed by atoms with van der Waals surface area (Å²) in [6.07, 6.45) is 8.84. The van der Waals surface area contributed by atoms with Gasteiger partial charge in [-0.15, -0.1) is 6.42 Å². The summed E-state index contributed by atoms with van der Waals surface area (Å²) in [5.74, 6) is 1.72. The number of halogens is 2. The summed E-state index contributed by atoms with van der Waals surface area (Å²) in [5, 5.41) is 0.529. The zero-order chi connectivity index (χ0) is 22.0. The molecule has 0 spiro atoms. The smallest absolute Gasteiger partial charge is 0.294 e. The molecular weight excluding hydrogens is 483 g/mol. The Labute approximate surface area is 191 Å². The second kappa shape index (κ2) is 9.00. The highest BCUT2D eigenvalue weighted by atomic mass is 79.9. The first kappa shape index (κ1) is 21.2. The summed E-state index contributed by atoms with van der Waals surface area (Å²) in [5.41, 5.74) is 1.71. The number of fused-ring (bicyclic) bond motifs is 1. The second-order valence-corrected chi connectivity index (χ2v) is 8.60. The van der Waals surface area contributed by atoms with Crippen molar-refractivity contribution >= 4 is 55.8 Å². The molecule has 1 fully saturated rings. The molecule has 1 aliphatic heterocycles. The fraction of sp³-hybridized carbons (Fsp3) is 0.130. The third kappa shape index (κ3) is 4.38. The summed E-state index contributed by atoms with van der Waals surface area (Å²) < 4.78 is 22.2. The Morgan fingerprint density at radius 1 is 1.23 bits per heavy atom. The summed E-state index contributed by atoms with van der Waals surface area (Å²) >= 11 is 4.35. The molecule has 5 nitrogen and oxygen atoms in total. The van der Waals surface area contributed by atoms with E-state index >= 15 is 0 Å². The number of carbonyl (C=O) groups excluding carboxylic acids is 2. The number of ether oxygens (including phenoxy) is 1. The molecule has 0 saturated carbocycles. The van der Waals surface area contributed by atoms with Crippen LogP contribution in [0.5, 0.6) is 5.75 Å². The Morgan fingerprint density at radius 2 is 2.03 bits per heavy atom. The molecule has 31 heavy (non-hydrogen) atoms. The number of carbonyl (C=O) groups is 2. The molecule has 0 unspecified atom stereocenters. The topological polar surface area (TPSA) is 51.5 Å². The lowest BCUT2D eigenvalue weighted by Gasteiger charge is -2.09. The van der Waals surface area contributed by atoms with Crippen LogP contribution in [-0.2, 0) is 11.3 Å². The molecule has 2 heterocycles. The lowest BCUT2D eigenvalue weighted by molar-refractivity contribution is -0.122. The number of amides is 2. The fourth-order valence-electron chi connectivity index (χ4n) is 3.28. The third-order valence-electron chi connectivity index (χ3n) is 4.71. The molecule has 0 aliphatic carbocycles. The van der Waals surface area contributed by atoms with Crippen LogP contribution in [0.25, 0.3) is 17.0 Å². The Balaban J connectivity index is 1.62. The van der Waals surface area contributed by atoms with Crippen molar-refractivity contribution in [1.82, 2.24) is 9.47 Å². The molecule has 1 saturated heterocycles. The molecule has 8 heteroatoms. The van der Waals surface area contributed by atoms with E-state index in [4.69, 9.17) is 11.2 Å². The van der Waals surface area contributed by atoms with Gasteiger partial charge in [-0.1, -0.05) is 34.0 Å². The third-order valence-corrected chi connectivity index (χ3v) is 6.11. The highest BCUT2D eigenvalue weighted by molar-refractivity contribution is 9.10. The molecule has 3 aromatic rings. The van der Waals surface area contributed by atoms with Crippen LogP contribution in [0.1, 0.15) is 5.56 Å². The highest BCUT2D eigenvalue weighted by Gasteiger charge is 2.34. The van der Waals surface area contributed by atoms with E-state index in [1.807, 2.05) is 29.0 Å². The van der Waals surface area contributed by atoms with Crippen LogP contribution in [0.15, 0.2) is 58.0 Å². The van der Waals surface area contributed by atoms with Gasteiger partial charge in [-0.25, -0.2) is 4.39 Å². The maximum atomic E-state index is 13.8. The van der Waals surface area contributed by atoms with Crippen molar-refractivity contribution in [2.75, 3.05) is 13.2 Å². The average molecular weight is 499 g/mol. The number of para-hydroxylation sites is 1. The molecule has 2 amide bonds. The van der Waals surface area contributed by atoms with Crippen molar-refractivity contribution in [3.8, 4) is 18.1 Å². The Morgan fingerprint density at radius 3 is 2.81 bits per heavy atom. The van der Waals surface area contributed by atoms with Crippen LogP contribution in [-0.4, -0.2) is 33.8 Å². The van der Waals surface area contributed by atoms with Gasteiger partial charge in [-0.2, -0.15) is 0 Å². The summed E-state index contributed by atoms with van der Waals surface area (Å²) in [6, 6.07) is 12.1. The van der Waals surface area contributed by atoms with Crippen molar-refractivity contribution < 1.29 is 18.7 Å². The molecule has 2 aromatic carbocycles. The number of imide groups is 1. The number of hydrogen-bond donors (Lipinski definition) is 0. The van der Waals surface area contributed by atoms with Crippen molar-refractivity contribution in [3.05, 3.63) is 69.4 Å². The predicted molar refractivity (Wildman–Crippen MR) is 123 cm³/mol. The predicted octanol–water partition coefficient (Wildman–Crippen LogP) is 5.29. The maximum Gasteiger partial charge on any atom is 0.294 e. The van der Waals surface area contributed by atoms with Gasteiger partial charge in [0.25, 0.3) is 11.1 Å². The van der Waals surface area contributed by atoms with Gasteiger partial charge in [0, 0.05) is 27.1 Å². The lowest BCUT2D eigenvalue weighted by Crippen LogP contribution is -2.28. The molecule has 0 N–H and O–H groups in total. The van der Waals surface area contributed by atoms with Gasteiger partial charge in [-0.3, -0.25) is 14.5 Å². The number of terminal acetylenes is 1. The molecule has 0 radical (unpaired) electrons. The molecular formula is C23H16BrFN2O3S. The molecule has 0 bridgehead atoms. The number of hydrogen-bond acceptors (Lipinski definition) is 4. The van der Waals surface area contributed by atoms with E-state index in [9.17, 15) is 14.0 Å². The van der Waals surface area contributed by atoms with Crippen LogP contribution in [0.4, 0.5) is 9.18 Å². The van der Waals surface area contributed by atoms with Crippen LogP contribution in [0.2, 0.25) is 0 Å². The average Bonchev–Trinajstić information content (AvgIpc) is 3.21. The number of nitrogens with zero attached hydrogens (tertiary/aromatic N) is 2. The van der Waals surface area contributed by atoms with E-state index in [2.05, 4.69) is 21.9 Å². The van der Waals surface area contributed by atoms with Gasteiger partial charge in [-0.05, 0) is 48.2 Å². The van der Waals surface area contributed by atoms with Crippen LogP contribution in [0.3, 0.4) is 0 Å². The van der Waals surface area contributed by atoms with E-state index < -0.39 is 11.7 Å². The summed E-state index contributed by atoms with van der Waals surface area (Å²) in [7, 11) is 0. The maximum absolute atomic E-state index is 13.8. The van der Waals surface area contributed by atoms with E-state index in [1.165, 1.54) is 6.07 Å². The van der Waals surface area contributed by atoms with Crippen LogP contribution < -0.4 is 4.74 Å². The highest BCUT2D eigenvalue weighted by Crippen LogP contribution is 2.34. The van der Waals surface area contributed by atoms with Crippen molar-refractivity contribution in [1.29, 1.82) is 0 Å². The number of aromatic nitrogens is 1. The van der Waals surface area contributed by atoms with E-state index in [0.717, 1.165) is 37.6 Å². The first-order valence-electron chi connectivity index (χ1n) is 9.32. The van der Waals surface area contributed by atoms with Crippen molar-refractivity contribution in [2.24, 2.45) is 0 Å². The van der Waals surface area contributed by atoms with E-state index in [0.29, 0.717) is 11.4 Å². The van der Waals surface area contributed by atoms with Crippen molar-refractivity contribution in [2.45, 2.75) is 6.54 Å². The standard InChI is InChI=1S/C23H16BrFN2O3S/c1-2-9-27-22(28)21(31-23(27)29)12-15-14-26(19-8-7-16(24)13-17(15)19)10-11-30-20-6-4-3-5-18(20)25/h1,3-8,12-14H,9-11H2/b21-12-. The normalized spacial score (nSPS) is 15.1. The van der Waals surface area contributed by atoms with Crippen LogP contribution >= 0.6 is 27.7 Å². The minimum absolute atomic E-state index is 0.0529. The minimum Gasteiger partial charge on any atom is -0.489 e. The quantitative estimate of drug-likeness (QED) is 0.342. The van der Waals surface area contributed by atoms with Gasteiger partial charge >= 0.3 is 0 Å². The number of rotatable bonds is 6. The molecule has 156 valence electrons. The Kier molecular flexibility index (Phi) is 6.16. The number of thioether (sulfide) groups is 1. The molecule has 1 aliphatic rings. The van der Waals surface area contributed by atoms with E-state index in [-0.39, 0.29) is 24.1 Å². The SMILES string of the molecule is C#CCN1C(=O)S/C(=C\c2cn(CCOc3ccccc3F)c3ccc(Br)cc23)C1=O. The molecule has 1 aromatic heterocycles. The lowest BCUT2D eigenvalue weighted by atomic mass is 10.1. The molecule has 0 atom stereocenters. The van der Waals surface area contributed by atoms with Gasteiger partial charge in [0.15, 0.2) is 11.6 Å². The van der Waals surface area contributed by atoms with Gasteiger partial charge in [0.1, 0.15) is 6.61 Å². The van der Waals surface area contributed by atoms with E-state index in [1.54, 1.807) is 24.3 Å². The molecule has 4 rings (SSSR count). The first-order valence-corrected chi connectivity index (χ1v) is 10.9. The zero-order valence-electron chi connectivity index (χ0n) is 16.2. The summed E-state index contributed by atoms with van der Waals surface area (Å²) in [6.45, 7) is 0.681. The fourth-order valence-corrected chi connectivity index (χ4v) is 4.47. The second-order valence-electron chi connectivity index (χ2n) is 6.69. The monoisotopic (exact) mass is 498 g/mol. The number of benzene rings is 2. The van der Waals surface area contributed by atoms with Gasteiger partial charge < -0.3 is 9.30 Å². The van der Waals surface area contributed by atoms with Gasteiger partial charge in [0.2, 0.25) is 0 Å². The van der Waals surface area contributed by atoms with Crippen molar-refractivity contribution in [3.63, 3.8) is 0 Å². The summed E-state index contributed by atoms with van der Waals surface area (Å²) in [4.78, 5) is 26.0. The first-order chi connectivity index (χ1) is 15.0. The Bertz CT molecular complexity index is 1260. The minimum atomic E-state index is -0.410. The Hall–Kier alpha value is -3.02. The van der Waals surface area contributed by atoms with Crippen LogP contribution in [0, 0.1) is 18.2 Å². The van der Waals surface area contributed by atoms with Gasteiger partial charge in [0.05, 0.1) is 18.0 Å².